The highest BCUT2D eigenvalue weighted by molar-refractivity contribution is 7.90. The number of amides is 1. The van der Waals surface area contributed by atoms with Gasteiger partial charge in [0.2, 0.25) is 0 Å². The highest BCUT2D eigenvalue weighted by atomic mass is 32.2. The molecule has 6 nitrogen and oxygen atoms in total. The van der Waals surface area contributed by atoms with Gasteiger partial charge in [-0.15, -0.1) is 0 Å². The van der Waals surface area contributed by atoms with Gasteiger partial charge in [0.25, 0.3) is 5.91 Å². The Morgan fingerprint density at radius 3 is 2.21 bits per heavy atom. The Kier molecular flexibility index (Phi) is 6.35. The summed E-state index contributed by atoms with van der Waals surface area (Å²) in [4.78, 5) is 21.1. The number of hydrogen-bond donors (Lipinski definition) is 0. The van der Waals surface area contributed by atoms with Crippen LogP contribution in [0.2, 0.25) is 0 Å². The molecule has 0 atom stereocenters. The van der Waals surface area contributed by atoms with E-state index in [1.165, 1.54) is 24.3 Å². The maximum atomic E-state index is 13.4. The molecule has 0 unspecified atom stereocenters. The molecule has 0 saturated carbocycles. The van der Waals surface area contributed by atoms with Gasteiger partial charge < -0.3 is 9.80 Å². The second-order valence-corrected chi connectivity index (χ2v) is 10.1. The molecule has 2 aromatic carbocycles. The van der Waals surface area contributed by atoms with E-state index in [0.717, 1.165) is 18.4 Å². The maximum Gasteiger partial charge on any atom is 0.416 e. The molecule has 10 heteroatoms. The quantitative estimate of drug-likeness (QED) is 0.551. The smallest absolute Gasteiger partial charge is 0.368 e. The number of nitrogens with zero attached hydrogens (tertiary/aromatic N) is 3. The molecule has 4 rings (SSSR count). The molecule has 1 aromatic heterocycles. The van der Waals surface area contributed by atoms with Crippen molar-refractivity contribution in [3.63, 3.8) is 0 Å². The lowest BCUT2D eigenvalue weighted by Gasteiger charge is -2.36. The molecule has 1 aliphatic heterocycles. The van der Waals surface area contributed by atoms with E-state index in [0.29, 0.717) is 43.0 Å². The average molecular weight is 490 g/mol. The van der Waals surface area contributed by atoms with Gasteiger partial charge in [-0.25, -0.2) is 8.42 Å². The van der Waals surface area contributed by atoms with Crippen molar-refractivity contribution in [2.45, 2.75) is 11.1 Å². The van der Waals surface area contributed by atoms with Crippen molar-refractivity contribution in [1.29, 1.82) is 0 Å². The predicted molar refractivity (Wildman–Crippen MR) is 122 cm³/mol. The minimum atomic E-state index is -4.39. The third-order valence-corrected chi connectivity index (χ3v) is 6.86. The van der Waals surface area contributed by atoms with E-state index in [9.17, 15) is 26.4 Å². The number of hydrogen-bond acceptors (Lipinski definition) is 5. The van der Waals surface area contributed by atoms with Crippen molar-refractivity contribution in [3.8, 4) is 11.1 Å². The summed E-state index contributed by atoms with van der Waals surface area (Å²) in [7, 11) is -3.52. The van der Waals surface area contributed by atoms with Crippen LogP contribution in [-0.4, -0.2) is 56.6 Å². The van der Waals surface area contributed by atoms with Crippen molar-refractivity contribution in [2.75, 3.05) is 37.3 Å². The summed E-state index contributed by atoms with van der Waals surface area (Å²) < 4.78 is 62.7. The van der Waals surface area contributed by atoms with E-state index in [-0.39, 0.29) is 16.4 Å². The molecule has 178 valence electrons. The first-order chi connectivity index (χ1) is 16.0. The van der Waals surface area contributed by atoms with Gasteiger partial charge in [-0.1, -0.05) is 12.1 Å². The SMILES string of the molecule is CS(=O)(=O)c1ccc(-c2cccnc2)c(C(=O)N2CCN(c3ccc(C(F)(F)F)cc3)CC2)c1. The summed E-state index contributed by atoms with van der Waals surface area (Å²) >= 11 is 0. The highest BCUT2D eigenvalue weighted by Gasteiger charge is 2.31. The molecule has 0 spiro atoms. The molecule has 0 aliphatic carbocycles. The van der Waals surface area contributed by atoms with E-state index in [1.807, 2.05) is 4.90 Å². The summed E-state index contributed by atoms with van der Waals surface area (Å²) in [6, 6.07) is 12.9. The van der Waals surface area contributed by atoms with Crippen molar-refractivity contribution < 1.29 is 26.4 Å². The fraction of sp³-hybridized carbons (Fsp3) is 0.250. The molecule has 3 aromatic rings. The normalized spacial score (nSPS) is 14.8. The zero-order valence-corrected chi connectivity index (χ0v) is 19.1. The van der Waals surface area contributed by atoms with Crippen LogP contribution in [0.4, 0.5) is 18.9 Å². The van der Waals surface area contributed by atoms with Crippen LogP contribution in [0.25, 0.3) is 11.1 Å². The van der Waals surface area contributed by atoms with E-state index < -0.39 is 21.6 Å². The number of alkyl halides is 3. The summed E-state index contributed by atoms with van der Waals surface area (Å²) in [5.41, 5.74) is 1.47. The molecule has 1 fully saturated rings. The van der Waals surface area contributed by atoms with Gasteiger partial charge in [-0.05, 0) is 48.0 Å². The fourth-order valence-electron chi connectivity index (χ4n) is 3.90. The van der Waals surface area contributed by atoms with Gasteiger partial charge in [-0.3, -0.25) is 9.78 Å². The molecule has 0 N–H and O–H groups in total. The fourth-order valence-corrected chi connectivity index (χ4v) is 4.55. The molecular formula is C24H22F3N3O3S. The zero-order valence-electron chi connectivity index (χ0n) is 18.3. The Hall–Kier alpha value is -3.40. The number of rotatable bonds is 4. The third kappa shape index (κ3) is 5.06. The monoisotopic (exact) mass is 489 g/mol. The van der Waals surface area contributed by atoms with Crippen LogP contribution in [0.5, 0.6) is 0 Å². The highest BCUT2D eigenvalue weighted by Crippen LogP contribution is 2.31. The molecule has 1 saturated heterocycles. The third-order valence-electron chi connectivity index (χ3n) is 5.75. The number of halogens is 3. The maximum absolute atomic E-state index is 13.4. The standard InChI is InChI=1S/C24H22F3N3O3S/c1-34(32,33)20-8-9-21(17-3-2-10-28-16-17)22(15-20)23(31)30-13-11-29(12-14-30)19-6-4-18(5-7-19)24(25,26)27/h2-10,15-16H,11-14H2,1H3. The summed E-state index contributed by atoms with van der Waals surface area (Å²) in [5, 5.41) is 0. The largest absolute Gasteiger partial charge is 0.416 e. The van der Waals surface area contributed by atoms with Gasteiger partial charge in [0, 0.05) is 61.6 Å². The summed E-state index contributed by atoms with van der Waals surface area (Å²) in [5.74, 6) is -0.309. The number of aromatic nitrogens is 1. The number of pyridine rings is 1. The second-order valence-electron chi connectivity index (χ2n) is 8.05. The van der Waals surface area contributed by atoms with Crippen LogP contribution in [-0.2, 0) is 16.0 Å². The molecule has 2 heterocycles. The van der Waals surface area contributed by atoms with Gasteiger partial charge in [0.15, 0.2) is 9.84 Å². The molecule has 1 amide bonds. The van der Waals surface area contributed by atoms with Crippen molar-refractivity contribution in [3.05, 3.63) is 78.1 Å². The first-order valence-corrected chi connectivity index (χ1v) is 12.4. The Morgan fingerprint density at radius 1 is 0.971 bits per heavy atom. The van der Waals surface area contributed by atoms with E-state index in [2.05, 4.69) is 4.98 Å². The minimum Gasteiger partial charge on any atom is -0.368 e. The van der Waals surface area contributed by atoms with Gasteiger partial charge >= 0.3 is 6.18 Å². The Morgan fingerprint density at radius 2 is 1.65 bits per heavy atom. The lowest BCUT2D eigenvalue weighted by Crippen LogP contribution is -2.49. The second kappa shape index (κ2) is 9.09. The van der Waals surface area contributed by atoms with Crippen LogP contribution in [0.3, 0.4) is 0 Å². The predicted octanol–water partition coefficient (Wildman–Crippen LogP) is 4.13. The molecule has 34 heavy (non-hydrogen) atoms. The number of anilines is 1. The van der Waals surface area contributed by atoms with Gasteiger partial charge in [-0.2, -0.15) is 13.2 Å². The van der Waals surface area contributed by atoms with Crippen LogP contribution < -0.4 is 4.90 Å². The first kappa shape index (κ1) is 23.7. The topological polar surface area (TPSA) is 70.6 Å². The Balaban J connectivity index is 1.56. The number of benzene rings is 2. The molecular weight excluding hydrogens is 467 g/mol. The van der Waals surface area contributed by atoms with Crippen LogP contribution >= 0.6 is 0 Å². The van der Waals surface area contributed by atoms with Gasteiger partial charge in [0.05, 0.1) is 10.5 Å². The minimum absolute atomic E-state index is 0.0480. The Bertz CT molecular complexity index is 1290. The number of carbonyl (C=O) groups is 1. The van der Waals surface area contributed by atoms with Crippen molar-refractivity contribution in [1.82, 2.24) is 9.88 Å². The summed E-state index contributed by atoms with van der Waals surface area (Å²) in [6.45, 7) is 1.56. The summed E-state index contributed by atoms with van der Waals surface area (Å²) in [6.07, 6.45) is -0.0928. The molecule has 0 radical (unpaired) electrons. The van der Waals surface area contributed by atoms with E-state index in [4.69, 9.17) is 0 Å². The average Bonchev–Trinajstić information content (AvgIpc) is 2.83. The Labute approximate surface area is 195 Å². The number of carbonyl (C=O) groups excluding carboxylic acids is 1. The zero-order chi connectivity index (χ0) is 24.5. The lowest BCUT2D eigenvalue weighted by molar-refractivity contribution is -0.137. The van der Waals surface area contributed by atoms with Crippen LogP contribution in [0.1, 0.15) is 15.9 Å². The van der Waals surface area contributed by atoms with Crippen molar-refractivity contribution in [2.24, 2.45) is 0 Å². The lowest BCUT2D eigenvalue weighted by atomic mass is 10.00. The molecule has 1 aliphatic rings. The van der Waals surface area contributed by atoms with Crippen LogP contribution in [0.15, 0.2) is 71.9 Å². The number of sulfone groups is 1. The van der Waals surface area contributed by atoms with Crippen LogP contribution in [0, 0.1) is 0 Å². The first-order valence-electron chi connectivity index (χ1n) is 10.5. The van der Waals surface area contributed by atoms with Crippen molar-refractivity contribution >= 4 is 21.4 Å². The van der Waals surface area contributed by atoms with E-state index in [1.54, 1.807) is 35.5 Å². The molecule has 0 bridgehead atoms. The number of piperazine rings is 1. The van der Waals surface area contributed by atoms with Gasteiger partial charge in [0.1, 0.15) is 0 Å². The van der Waals surface area contributed by atoms with E-state index >= 15 is 0 Å².